The number of nitro benzene ring substituents is 1. The van der Waals surface area contributed by atoms with E-state index in [4.69, 9.17) is 4.74 Å². The summed E-state index contributed by atoms with van der Waals surface area (Å²) in [5, 5.41) is 11.2. The summed E-state index contributed by atoms with van der Waals surface area (Å²) in [4.78, 5) is 23.1. The minimum atomic E-state index is -0.365. The predicted molar refractivity (Wildman–Crippen MR) is 98.5 cm³/mol. The number of rotatable bonds is 9. The molecule has 1 atom stereocenters. The van der Waals surface area contributed by atoms with Crippen LogP contribution in [0.5, 0.6) is 0 Å². The van der Waals surface area contributed by atoms with E-state index in [0.717, 1.165) is 12.0 Å². The standard InChI is InChI=1S/C19H21NO4S/c1-15(25-18-12-6-5-11-17(18)20(22)23)8-7-13-19(21)24-14-16-9-3-2-4-10-16/h2-6,9-12,15H,7-8,13-14H2,1H3. The number of hydrogen-bond acceptors (Lipinski definition) is 5. The van der Waals surface area contributed by atoms with Crippen LogP contribution in [0.4, 0.5) is 5.69 Å². The van der Waals surface area contributed by atoms with Crippen molar-refractivity contribution in [2.75, 3.05) is 0 Å². The zero-order valence-electron chi connectivity index (χ0n) is 14.1. The van der Waals surface area contributed by atoms with Crippen molar-refractivity contribution in [3.63, 3.8) is 0 Å². The molecule has 0 spiro atoms. The van der Waals surface area contributed by atoms with Crippen LogP contribution in [0.2, 0.25) is 0 Å². The van der Waals surface area contributed by atoms with Gasteiger partial charge in [0.2, 0.25) is 0 Å². The lowest BCUT2D eigenvalue weighted by atomic mass is 10.2. The summed E-state index contributed by atoms with van der Waals surface area (Å²) >= 11 is 1.47. The van der Waals surface area contributed by atoms with Crippen molar-refractivity contribution in [3.05, 3.63) is 70.3 Å². The third-order valence-corrected chi connectivity index (χ3v) is 4.86. The lowest BCUT2D eigenvalue weighted by Gasteiger charge is -2.11. The van der Waals surface area contributed by atoms with Gasteiger partial charge in [0, 0.05) is 17.7 Å². The van der Waals surface area contributed by atoms with Gasteiger partial charge in [-0.2, -0.15) is 0 Å². The summed E-state index contributed by atoms with van der Waals surface area (Å²) in [6.45, 7) is 2.30. The molecule has 0 aromatic heterocycles. The Morgan fingerprint density at radius 2 is 1.84 bits per heavy atom. The molecule has 0 fully saturated rings. The SMILES string of the molecule is CC(CCCC(=O)OCc1ccccc1)Sc1ccccc1[N+](=O)[O-]. The first kappa shape index (κ1) is 19.0. The van der Waals surface area contributed by atoms with Crippen LogP contribution in [0.15, 0.2) is 59.5 Å². The van der Waals surface area contributed by atoms with E-state index >= 15 is 0 Å². The summed E-state index contributed by atoms with van der Waals surface area (Å²) in [6.07, 6.45) is 1.84. The van der Waals surface area contributed by atoms with Gasteiger partial charge in [0.1, 0.15) is 6.61 Å². The highest BCUT2D eigenvalue weighted by atomic mass is 32.2. The van der Waals surface area contributed by atoms with E-state index in [2.05, 4.69) is 0 Å². The van der Waals surface area contributed by atoms with E-state index in [1.54, 1.807) is 18.2 Å². The van der Waals surface area contributed by atoms with Crippen molar-refractivity contribution in [3.8, 4) is 0 Å². The van der Waals surface area contributed by atoms with Crippen LogP contribution in [-0.2, 0) is 16.1 Å². The predicted octanol–water partition coefficient (Wildman–Crippen LogP) is 4.99. The van der Waals surface area contributed by atoms with Gasteiger partial charge in [-0.05, 0) is 24.5 Å². The third kappa shape index (κ3) is 6.58. The topological polar surface area (TPSA) is 69.4 Å². The molecule has 0 saturated carbocycles. The second kappa shape index (κ2) is 9.84. The van der Waals surface area contributed by atoms with Crippen molar-refractivity contribution in [1.29, 1.82) is 0 Å². The number of carbonyl (C=O) groups is 1. The molecule has 0 aliphatic rings. The van der Waals surface area contributed by atoms with E-state index in [-0.39, 0.29) is 21.8 Å². The molecular formula is C19H21NO4S. The van der Waals surface area contributed by atoms with Gasteiger partial charge in [-0.15, -0.1) is 11.8 Å². The monoisotopic (exact) mass is 359 g/mol. The molecule has 6 heteroatoms. The molecule has 0 amide bonds. The fourth-order valence-corrected chi connectivity index (χ4v) is 3.47. The van der Waals surface area contributed by atoms with Crippen LogP contribution in [0, 0.1) is 10.1 Å². The van der Waals surface area contributed by atoms with Crippen molar-refractivity contribution < 1.29 is 14.5 Å². The van der Waals surface area contributed by atoms with Gasteiger partial charge in [-0.1, -0.05) is 49.4 Å². The Labute approximate surface area is 151 Å². The molecule has 0 saturated heterocycles. The molecular weight excluding hydrogens is 338 g/mol. The summed E-state index contributed by atoms with van der Waals surface area (Å²) < 4.78 is 5.24. The highest BCUT2D eigenvalue weighted by molar-refractivity contribution is 8.00. The summed E-state index contributed by atoms with van der Waals surface area (Å²) in [6, 6.07) is 16.3. The second-order valence-electron chi connectivity index (χ2n) is 5.69. The van der Waals surface area contributed by atoms with Crippen LogP contribution in [0.3, 0.4) is 0 Å². The molecule has 0 radical (unpaired) electrons. The molecule has 0 bridgehead atoms. The lowest BCUT2D eigenvalue weighted by molar-refractivity contribution is -0.387. The Kier molecular flexibility index (Phi) is 7.47. The highest BCUT2D eigenvalue weighted by Gasteiger charge is 2.16. The molecule has 2 rings (SSSR count). The zero-order valence-corrected chi connectivity index (χ0v) is 14.9. The first-order valence-corrected chi connectivity index (χ1v) is 9.04. The number of nitrogens with zero attached hydrogens (tertiary/aromatic N) is 1. The number of para-hydroxylation sites is 1. The number of benzene rings is 2. The number of nitro groups is 1. The molecule has 0 aliphatic heterocycles. The van der Waals surface area contributed by atoms with Crippen molar-refractivity contribution in [2.24, 2.45) is 0 Å². The minimum Gasteiger partial charge on any atom is -0.461 e. The fraction of sp³-hybridized carbons (Fsp3) is 0.316. The minimum absolute atomic E-state index is 0.127. The van der Waals surface area contributed by atoms with Crippen LogP contribution >= 0.6 is 11.8 Å². The maximum Gasteiger partial charge on any atom is 0.306 e. The van der Waals surface area contributed by atoms with E-state index < -0.39 is 0 Å². The van der Waals surface area contributed by atoms with Gasteiger partial charge >= 0.3 is 5.97 Å². The van der Waals surface area contributed by atoms with E-state index in [9.17, 15) is 14.9 Å². The highest BCUT2D eigenvalue weighted by Crippen LogP contribution is 2.33. The Morgan fingerprint density at radius 1 is 1.16 bits per heavy atom. The normalized spacial score (nSPS) is 11.7. The first-order valence-electron chi connectivity index (χ1n) is 8.16. The molecule has 0 heterocycles. The van der Waals surface area contributed by atoms with Gasteiger partial charge in [0.25, 0.3) is 5.69 Å². The number of thioether (sulfide) groups is 1. The smallest absolute Gasteiger partial charge is 0.306 e. The van der Waals surface area contributed by atoms with Crippen LogP contribution in [0.1, 0.15) is 31.7 Å². The Hall–Kier alpha value is -2.34. The van der Waals surface area contributed by atoms with Gasteiger partial charge in [-0.25, -0.2) is 0 Å². The largest absolute Gasteiger partial charge is 0.461 e. The van der Waals surface area contributed by atoms with Gasteiger partial charge in [0.05, 0.1) is 9.82 Å². The van der Waals surface area contributed by atoms with E-state index in [1.165, 1.54) is 17.8 Å². The Morgan fingerprint density at radius 3 is 2.56 bits per heavy atom. The van der Waals surface area contributed by atoms with Crippen LogP contribution in [0.25, 0.3) is 0 Å². The number of carbonyl (C=O) groups excluding carboxylic acids is 1. The van der Waals surface area contributed by atoms with E-state index in [1.807, 2.05) is 37.3 Å². The molecule has 25 heavy (non-hydrogen) atoms. The second-order valence-corrected chi connectivity index (χ2v) is 7.17. The molecule has 1 unspecified atom stereocenters. The van der Waals surface area contributed by atoms with Crippen LogP contribution < -0.4 is 0 Å². The molecule has 132 valence electrons. The number of hydrogen-bond donors (Lipinski definition) is 0. The van der Waals surface area contributed by atoms with Crippen LogP contribution in [-0.4, -0.2) is 16.1 Å². The average Bonchev–Trinajstić information content (AvgIpc) is 2.61. The van der Waals surface area contributed by atoms with E-state index in [0.29, 0.717) is 24.3 Å². The molecule has 0 N–H and O–H groups in total. The third-order valence-electron chi connectivity index (χ3n) is 3.62. The van der Waals surface area contributed by atoms with Crippen molar-refractivity contribution in [1.82, 2.24) is 0 Å². The molecule has 0 aliphatic carbocycles. The Balaban J connectivity index is 1.71. The Bertz CT molecular complexity index is 706. The van der Waals surface area contributed by atoms with Gasteiger partial charge in [0.15, 0.2) is 0 Å². The zero-order chi connectivity index (χ0) is 18.1. The maximum atomic E-state index is 11.8. The van der Waals surface area contributed by atoms with Crippen molar-refractivity contribution >= 4 is 23.4 Å². The molecule has 5 nitrogen and oxygen atoms in total. The maximum absolute atomic E-state index is 11.8. The molecule has 2 aromatic carbocycles. The average molecular weight is 359 g/mol. The summed E-state index contributed by atoms with van der Waals surface area (Å²) in [5.74, 6) is -0.216. The molecule has 2 aromatic rings. The van der Waals surface area contributed by atoms with Gasteiger partial charge in [-0.3, -0.25) is 14.9 Å². The van der Waals surface area contributed by atoms with Crippen molar-refractivity contribution in [2.45, 2.75) is 42.9 Å². The lowest BCUT2D eigenvalue weighted by Crippen LogP contribution is -2.06. The quantitative estimate of drug-likeness (QED) is 0.273. The summed E-state index contributed by atoms with van der Waals surface area (Å²) in [7, 11) is 0. The fourth-order valence-electron chi connectivity index (χ4n) is 2.33. The van der Waals surface area contributed by atoms with Gasteiger partial charge < -0.3 is 4.74 Å². The first-order chi connectivity index (χ1) is 12.1. The summed E-state index contributed by atoms with van der Waals surface area (Å²) in [5.41, 5.74) is 1.10. The number of esters is 1. The number of ether oxygens (including phenoxy) is 1.